The van der Waals surface area contributed by atoms with Gasteiger partial charge in [0.15, 0.2) is 0 Å². The van der Waals surface area contributed by atoms with Crippen molar-refractivity contribution in [3.8, 4) is 11.1 Å². The third kappa shape index (κ3) is 6.41. The zero-order valence-corrected chi connectivity index (χ0v) is 18.7. The van der Waals surface area contributed by atoms with Gasteiger partial charge in [-0.25, -0.2) is 0 Å². The van der Waals surface area contributed by atoms with Gasteiger partial charge in [0.25, 0.3) is 0 Å². The van der Waals surface area contributed by atoms with Gasteiger partial charge in [-0.3, -0.25) is 0 Å². The van der Waals surface area contributed by atoms with Gasteiger partial charge in [-0.1, -0.05) is 0 Å². The number of halogens is 4. The molecule has 10 heteroatoms. The second kappa shape index (κ2) is 8.60. The molecule has 0 atom stereocenters. The normalized spacial score (nSPS) is 12.9. The molecule has 2 rings (SSSR count). The minimum atomic E-state index is -5.68. The third-order valence-electron chi connectivity index (χ3n) is 3.69. The Morgan fingerprint density at radius 3 is 2.14 bits per heavy atom. The Hall–Kier alpha value is -1.66. The van der Waals surface area contributed by atoms with Crippen LogP contribution in [0.5, 0.6) is 0 Å². The maximum atomic E-state index is 12.6. The minimum absolute atomic E-state index is 0.0445. The molecule has 0 bridgehead atoms. The van der Waals surface area contributed by atoms with E-state index in [1.807, 2.05) is 20.8 Å². The van der Waals surface area contributed by atoms with Crippen LogP contribution in [-0.2, 0) is 19.1 Å². The van der Waals surface area contributed by atoms with Crippen LogP contribution in [-0.4, -0.2) is 25.0 Å². The van der Waals surface area contributed by atoms with E-state index >= 15 is 0 Å². The molecule has 0 aliphatic carbocycles. The molecule has 0 aliphatic rings. The van der Waals surface area contributed by atoms with Crippen LogP contribution in [0.4, 0.5) is 13.2 Å². The average molecular weight is 543 g/mol. The van der Waals surface area contributed by atoms with E-state index in [9.17, 15) is 26.4 Å². The molecule has 0 saturated heterocycles. The summed E-state index contributed by atoms with van der Waals surface area (Å²) in [6, 6.07) is 10.9. The summed E-state index contributed by atoms with van der Waals surface area (Å²) in [5, 5.41) is 9.03. The average Bonchev–Trinajstić information content (AvgIpc) is 2.58. The molecule has 0 amide bonds. The van der Waals surface area contributed by atoms with E-state index in [-0.39, 0.29) is 11.0 Å². The second-order valence-electron chi connectivity index (χ2n) is 7.47. The molecular weight excluding hydrogens is 524 g/mol. The number of benzene rings is 2. The SMILES string of the molecule is CC(C)(C)Cc1ccc([I-]OS(=O)(=O)C(F)(F)F)c(-c2ccc(C(=O)O)cc2)c1. The summed E-state index contributed by atoms with van der Waals surface area (Å²) >= 11 is -1.97. The zero-order valence-electron chi connectivity index (χ0n) is 15.7. The van der Waals surface area contributed by atoms with E-state index in [2.05, 4.69) is 2.51 Å². The van der Waals surface area contributed by atoms with E-state index in [4.69, 9.17) is 5.11 Å². The molecule has 0 aliphatic heterocycles. The van der Waals surface area contributed by atoms with Gasteiger partial charge in [0.05, 0.1) is 0 Å². The van der Waals surface area contributed by atoms with E-state index in [1.165, 1.54) is 24.3 Å². The fourth-order valence-electron chi connectivity index (χ4n) is 2.49. The van der Waals surface area contributed by atoms with Gasteiger partial charge in [0.1, 0.15) is 0 Å². The zero-order chi connectivity index (χ0) is 22.0. The van der Waals surface area contributed by atoms with E-state index < -0.39 is 43.2 Å². The molecule has 1 N–H and O–H groups in total. The van der Waals surface area contributed by atoms with Crippen molar-refractivity contribution in [1.29, 1.82) is 0 Å². The molecule has 160 valence electrons. The van der Waals surface area contributed by atoms with Gasteiger partial charge in [0, 0.05) is 0 Å². The van der Waals surface area contributed by atoms with Crippen molar-refractivity contribution in [2.24, 2.45) is 5.41 Å². The summed E-state index contributed by atoms with van der Waals surface area (Å²) in [6.45, 7) is 6.11. The third-order valence-corrected chi connectivity index (χ3v) is 7.86. The van der Waals surface area contributed by atoms with Crippen LogP contribution in [0.25, 0.3) is 11.1 Å². The first kappa shape index (κ1) is 23.6. The Labute approximate surface area is 177 Å². The van der Waals surface area contributed by atoms with Crippen LogP contribution >= 0.6 is 0 Å². The molecule has 0 radical (unpaired) electrons. The first-order valence-electron chi connectivity index (χ1n) is 8.31. The first-order chi connectivity index (χ1) is 13.2. The van der Waals surface area contributed by atoms with Crippen molar-refractivity contribution in [2.45, 2.75) is 32.7 Å². The Morgan fingerprint density at radius 2 is 1.66 bits per heavy atom. The molecule has 0 unspecified atom stereocenters. The summed E-state index contributed by atoms with van der Waals surface area (Å²) < 4.78 is 64.9. The van der Waals surface area contributed by atoms with Crippen LogP contribution < -0.4 is 21.6 Å². The molecule has 0 aromatic heterocycles. The molecule has 5 nitrogen and oxygen atoms in total. The van der Waals surface area contributed by atoms with Crippen molar-refractivity contribution in [1.82, 2.24) is 0 Å². The Kier molecular flexibility index (Phi) is 7.01. The van der Waals surface area contributed by atoms with Crippen LogP contribution in [0.15, 0.2) is 42.5 Å². The number of hydrogen-bond acceptors (Lipinski definition) is 4. The van der Waals surface area contributed by atoms with Crippen molar-refractivity contribution in [3.63, 3.8) is 0 Å². The quantitative estimate of drug-likeness (QED) is 0.443. The Bertz CT molecular complexity index is 994. The summed E-state index contributed by atoms with van der Waals surface area (Å²) in [4.78, 5) is 11.0. The summed E-state index contributed by atoms with van der Waals surface area (Å²) in [6.07, 6.45) is 0.688. The molecule has 0 fully saturated rings. The number of carboxylic acid groups (broad SMARTS) is 1. The molecule has 29 heavy (non-hydrogen) atoms. The van der Waals surface area contributed by atoms with Crippen LogP contribution in [0.2, 0.25) is 0 Å². The first-order valence-corrected chi connectivity index (χ1v) is 11.7. The Balaban J connectivity index is 2.46. The van der Waals surface area contributed by atoms with Crippen molar-refractivity contribution in [3.05, 3.63) is 57.2 Å². The monoisotopic (exact) mass is 543 g/mol. The number of alkyl halides is 3. The van der Waals surface area contributed by atoms with Gasteiger partial charge in [-0.05, 0) is 0 Å². The van der Waals surface area contributed by atoms with E-state index in [0.29, 0.717) is 21.1 Å². The van der Waals surface area contributed by atoms with Crippen molar-refractivity contribution >= 4 is 16.1 Å². The van der Waals surface area contributed by atoms with Gasteiger partial charge >= 0.3 is 178 Å². The summed E-state index contributed by atoms with van der Waals surface area (Å²) in [5.41, 5.74) is -3.46. The fourth-order valence-corrected chi connectivity index (χ4v) is 5.64. The van der Waals surface area contributed by atoms with Gasteiger partial charge in [-0.15, -0.1) is 0 Å². The predicted octanol–water partition coefficient (Wildman–Crippen LogP) is 1.68. The van der Waals surface area contributed by atoms with E-state index in [0.717, 1.165) is 5.56 Å². The van der Waals surface area contributed by atoms with Gasteiger partial charge < -0.3 is 0 Å². The Morgan fingerprint density at radius 1 is 1.07 bits per heavy atom. The van der Waals surface area contributed by atoms with Crippen molar-refractivity contribution in [2.75, 3.05) is 0 Å². The van der Waals surface area contributed by atoms with Gasteiger partial charge in [-0.2, -0.15) is 0 Å². The number of aromatic carboxylic acids is 1. The van der Waals surface area contributed by atoms with Gasteiger partial charge in [0.2, 0.25) is 0 Å². The second-order valence-corrected chi connectivity index (χ2v) is 11.7. The summed E-state index contributed by atoms with van der Waals surface area (Å²) in [5.74, 6) is -1.11. The molecule has 2 aromatic rings. The predicted molar refractivity (Wildman–Crippen MR) is 96.8 cm³/mol. The number of carboxylic acids is 1. The molecule has 2 aromatic carbocycles. The topological polar surface area (TPSA) is 80.7 Å². The molecule has 0 heterocycles. The maximum absolute atomic E-state index is 12.6. The standard InChI is InChI=1S/C19H19F3IO5S/c1-18(2,3)11-12-4-9-16(23-28-29(26,27)19(20,21)22)15(10-12)13-5-7-14(8-6-13)17(24)25/h4-10H,11H2,1-3H3,(H,24,25)/q-1. The fraction of sp³-hybridized carbons (Fsp3) is 0.316. The molecule has 0 saturated carbocycles. The van der Waals surface area contributed by atoms with Crippen LogP contribution in [0.1, 0.15) is 36.7 Å². The summed E-state index contributed by atoms with van der Waals surface area (Å²) in [7, 11) is -5.68. The van der Waals surface area contributed by atoms with E-state index in [1.54, 1.807) is 18.2 Å². The molecular formula is C19H19F3IO5S-. The molecule has 0 spiro atoms. The number of carbonyl (C=O) groups is 1. The number of rotatable bonds is 6. The van der Waals surface area contributed by atoms with Crippen LogP contribution in [0.3, 0.4) is 0 Å². The number of hydrogen-bond donors (Lipinski definition) is 1. The van der Waals surface area contributed by atoms with Crippen molar-refractivity contribution < 1.29 is 55.6 Å². The van der Waals surface area contributed by atoms with Crippen LogP contribution in [0, 0.1) is 8.99 Å².